The molecule has 1 aromatic heterocycles. The molecule has 0 saturated carbocycles. The molecule has 9 heteroatoms. The van der Waals surface area contributed by atoms with Crippen LogP contribution in [0.15, 0.2) is 28.8 Å². The molecule has 2 aromatic rings. The van der Waals surface area contributed by atoms with Crippen LogP contribution in [-0.2, 0) is 16.0 Å². The van der Waals surface area contributed by atoms with Crippen LogP contribution in [0.4, 0.5) is 4.39 Å². The molecule has 2 amide bonds. The fraction of sp³-hybridized carbons (Fsp3) is 0.412. The number of rotatable bonds is 5. The molecule has 3 N–H and O–H groups in total. The largest absolute Gasteiger partial charge is 0.357 e. The predicted molar refractivity (Wildman–Crippen MR) is 90.2 cm³/mol. The molecule has 1 aliphatic rings. The Morgan fingerprint density at radius 1 is 1.42 bits per heavy atom. The van der Waals surface area contributed by atoms with E-state index in [0.29, 0.717) is 13.0 Å². The number of halogens is 1. The number of carbonyl (C=O) groups is 2. The van der Waals surface area contributed by atoms with Gasteiger partial charge in [-0.05, 0) is 18.6 Å². The van der Waals surface area contributed by atoms with Gasteiger partial charge in [-0.15, -0.1) is 0 Å². The summed E-state index contributed by atoms with van der Waals surface area (Å²) >= 11 is 0. The average Bonchev–Trinajstić information content (AvgIpc) is 3.26. The lowest BCUT2D eigenvalue weighted by Crippen LogP contribution is -2.45. The molecular formula is C17H20FN5O3. The van der Waals surface area contributed by atoms with E-state index in [1.165, 1.54) is 18.0 Å². The van der Waals surface area contributed by atoms with Crippen LogP contribution in [0.25, 0.3) is 11.4 Å². The number of carbonyl (C=O) groups excluding carboxylic acids is 2. The molecule has 1 aliphatic heterocycles. The van der Waals surface area contributed by atoms with E-state index in [1.54, 1.807) is 18.2 Å². The molecule has 0 unspecified atom stereocenters. The van der Waals surface area contributed by atoms with Crippen LogP contribution >= 0.6 is 0 Å². The summed E-state index contributed by atoms with van der Waals surface area (Å²) in [7, 11) is 1.53. The number of likely N-dealkylation sites (tertiary alicyclic amines) is 1. The summed E-state index contributed by atoms with van der Waals surface area (Å²) in [6.45, 7) is 0.335. The quantitative estimate of drug-likeness (QED) is 0.801. The molecule has 0 radical (unpaired) electrons. The zero-order chi connectivity index (χ0) is 18.7. The third kappa shape index (κ3) is 3.72. The molecule has 0 bridgehead atoms. The van der Waals surface area contributed by atoms with E-state index < -0.39 is 11.9 Å². The van der Waals surface area contributed by atoms with E-state index in [9.17, 15) is 14.0 Å². The molecule has 0 spiro atoms. The maximum Gasteiger partial charge on any atom is 0.242 e. The van der Waals surface area contributed by atoms with Gasteiger partial charge in [0.05, 0.1) is 5.56 Å². The number of benzene rings is 1. The lowest BCUT2D eigenvalue weighted by Gasteiger charge is -2.22. The molecule has 0 aliphatic carbocycles. The number of hydrogen-bond donors (Lipinski definition) is 2. The second-order valence-electron chi connectivity index (χ2n) is 6.16. The normalized spacial score (nSPS) is 19.6. The first-order valence-corrected chi connectivity index (χ1v) is 8.33. The Morgan fingerprint density at radius 2 is 2.19 bits per heavy atom. The van der Waals surface area contributed by atoms with Gasteiger partial charge >= 0.3 is 0 Å². The predicted octanol–water partition coefficient (Wildman–Crippen LogP) is 0.483. The van der Waals surface area contributed by atoms with Crippen LogP contribution < -0.4 is 11.1 Å². The first-order valence-electron chi connectivity index (χ1n) is 8.33. The molecular weight excluding hydrogens is 341 g/mol. The summed E-state index contributed by atoms with van der Waals surface area (Å²) in [5.74, 6) is -0.521. The van der Waals surface area contributed by atoms with Gasteiger partial charge in [0.25, 0.3) is 0 Å². The van der Waals surface area contributed by atoms with Crippen LogP contribution in [0.5, 0.6) is 0 Å². The van der Waals surface area contributed by atoms with Crippen LogP contribution in [-0.4, -0.2) is 52.5 Å². The van der Waals surface area contributed by atoms with Gasteiger partial charge in [0.15, 0.2) is 0 Å². The van der Waals surface area contributed by atoms with E-state index in [4.69, 9.17) is 10.3 Å². The number of amides is 2. The third-order valence-corrected chi connectivity index (χ3v) is 4.34. The monoisotopic (exact) mass is 361 g/mol. The Bertz CT molecular complexity index is 809. The van der Waals surface area contributed by atoms with Crippen LogP contribution in [0.2, 0.25) is 0 Å². The summed E-state index contributed by atoms with van der Waals surface area (Å²) in [6, 6.07) is 5.32. The van der Waals surface area contributed by atoms with Gasteiger partial charge in [-0.1, -0.05) is 17.3 Å². The Kier molecular flexibility index (Phi) is 5.27. The number of nitrogens with one attached hydrogen (secondary N) is 1. The molecule has 26 heavy (non-hydrogen) atoms. The average molecular weight is 361 g/mol. The molecule has 8 nitrogen and oxygen atoms in total. The van der Waals surface area contributed by atoms with Crippen molar-refractivity contribution in [2.75, 3.05) is 13.6 Å². The highest BCUT2D eigenvalue weighted by molar-refractivity contribution is 5.88. The van der Waals surface area contributed by atoms with Crippen molar-refractivity contribution < 1.29 is 18.5 Å². The molecule has 1 saturated heterocycles. The summed E-state index contributed by atoms with van der Waals surface area (Å²) < 4.78 is 18.9. The lowest BCUT2D eigenvalue weighted by atomic mass is 10.1. The van der Waals surface area contributed by atoms with Crippen molar-refractivity contribution in [1.82, 2.24) is 20.4 Å². The Labute approximate surface area is 149 Å². The second-order valence-corrected chi connectivity index (χ2v) is 6.16. The van der Waals surface area contributed by atoms with Gasteiger partial charge in [0.2, 0.25) is 23.5 Å². The maximum atomic E-state index is 13.8. The minimum Gasteiger partial charge on any atom is -0.357 e. The molecule has 1 fully saturated rings. The number of aromatic nitrogens is 2. The Hall–Kier alpha value is -2.81. The minimum atomic E-state index is -0.556. The number of nitrogens with two attached hydrogens (primary N) is 1. The summed E-state index contributed by atoms with van der Waals surface area (Å²) in [5, 5.41) is 6.30. The lowest BCUT2D eigenvalue weighted by molar-refractivity contribution is -0.138. The van der Waals surface area contributed by atoms with Crippen molar-refractivity contribution >= 4 is 11.8 Å². The number of nitrogens with zero attached hydrogens (tertiary/aromatic N) is 3. The first-order chi connectivity index (χ1) is 12.5. The van der Waals surface area contributed by atoms with Gasteiger partial charge in [0, 0.05) is 32.5 Å². The highest BCUT2D eigenvalue weighted by atomic mass is 19.1. The highest BCUT2D eigenvalue weighted by Crippen LogP contribution is 2.21. The topological polar surface area (TPSA) is 114 Å². The number of aryl methyl sites for hydroxylation is 1. The molecule has 2 atom stereocenters. The highest BCUT2D eigenvalue weighted by Gasteiger charge is 2.37. The van der Waals surface area contributed by atoms with Gasteiger partial charge < -0.3 is 20.5 Å². The second kappa shape index (κ2) is 7.61. The Morgan fingerprint density at radius 3 is 2.92 bits per heavy atom. The summed E-state index contributed by atoms with van der Waals surface area (Å²) in [4.78, 5) is 30.0. The van der Waals surface area contributed by atoms with Crippen LogP contribution in [0, 0.1) is 5.82 Å². The third-order valence-electron chi connectivity index (χ3n) is 4.34. The summed E-state index contributed by atoms with van der Waals surface area (Å²) in [5.41, 5.74) is 6.12. The standard InChI is InChI=1S/C17H20FN5O3/c1-20-17(25)13-8-10(19)9-23(13)15(24)7-6-14-21-16(22-26-14)11-4-2-3-5-12(11)18/h2-5,10,13H,6-9,19H2,1H3,(H,20,25)/t10-,13-/m0/s1. The smallest absolute Gasteiger partial charge is 0.242 e. The first kappa shape index (κ1) is 18.0. The fourth-order valence-electron chi connectivity index (χ4n) is 3.03. The van der Waals surface area contributed by atoms with E-state index in [2.05, 4.69) is 15.5 Å². The molecule has 138 valence electrons. The van der Waals surface area contributed by atoms with Gasteiger partial charge in [-0.3, -0.25) is 9.59 Å². The van der Waals surface area contributed by atoms with Gasteiger partial charge in [-0.25, -0.2) is 4.39 Å². The van der Waals surface area contributed by atoms with Gasteiger partial charge in [0.1, 0.15) is 11.9 Å². The van der Waals surface area contributed by atoms with Gasteiger partial charge in [-0.2, -0.15) is 4.98 Å². The van der Waals surface area contributed by atoms with Crippen molar-refractivity contribution in [3.05, 3.63) is 36.0 Å². The SMILES string of the molecule is CNC(=O)[C@@H]1C[C@H](N)CN1C(=O)CCc1nc(-c2ccccc2F)no1. The number of likely N-dealkylation sites (N-methyl/N-ethyl adjacent to an activating group) is 1. The van der Waals surface area contributed by atoms with Crippen LogP contribution in [0.3, 0.4) is 0 Å². The van der Waals surface area contributed by atoms with Crippen molar-refractivity contribution in [2.24, 2.45) is 5.73 Å². The van der Waals surface area contributed by atoms with E-state index in [-0.39, 0.29) is 48.0 Å². The van der Waals surface area contributed by atoms with Crippen molar-refractivity contribution in [2.45, 2.75) is 31.3 Å². The van der Waals surface area contributed by atoms with Crippen molar-refractivity contribution in [1.29, 1.82) is 0 Å². The molecule has 1 aromatic carbocycles. The zero-order valence-electron chi connectivity index (χ0n) is 14.3. The minimum absolute atomic E-state index is 0.0963. The van der Waals surface area contributed by atoms with Crippen molar-refractivity contribution in [3.63, 3.8) is 0 Å². The number of hydrogen-bond acceptors (Lipinski definition) is 6. The zero-order valence-corrected chi connectivity index (χ0v) is 14.3. The van der Waals surface area contributed by atoms with Crippen molar-refractivity contribution in [3.8, 4) is 11.4 Å². The van der Waals surface area contributed by atoms with E-state index in [1.807, 2.05) is 0 Å². The van der Waals surface area contributed by atoms with E-state index >= 15 is 0 Å². The van der Waals surface area contributed by atoms with E-state index in [0.717, 1.165) is 0 Å². The molecule has 3 rings (SSSR count). The summed E-state index contributed by atoms with van der Waals surface area (Å²) in [6.07, 6.45) is 0.731. The van der Waals surface area contributed by atoms with Crippen LogP contribution in [0.1, 0.15) is 18.7 Å². The molecule has 2 heterocycles. The Balaban J connectivity index is 1.63. The maximum absolute atomic E-state index is 13.8. The fourth-order valence-corrected chi connectivity index (χ4v) is 3.03.